The molecule has 7 nitrogen and oxygen atoms in total. The Morgan fingerprint density at radius 1 is 1.15 bits per heavy atom. The van der Waals surface area contributed by atoms with E-state index >= 15 is 0 Å². The number of nitrogens with zero attached hydrogens (tertiary/aromatic N) is 5. The summed E-state index contributed by atoms with van der Waals surface area (Å²) in [4.78, 5) is 21.4. The molecule has 0 unspecified atom stereocenters. The molecule has 2 aliphatic heterocycles. The molecule has 1 N–H and O–H groups in total. The van der Waals surface area contributed by atoms with Crippen LogP contribution in [0.5, 0.6) is 0 Å². The minimum Gasteiger partial charge on any atom is -0.391 e. The second kappa shape index (κ2) is 8.74. The van der Waals surface area contributed by atoms with Crippen LogP contribution >= 0.6 is 11.6 Å². The standard InChI is InChI=1S/C23H23ClF3N5O2/c1-12-10-32-18(28-22(12)30-7-5-13(33)11-30)9-16(29-32)17-4-2-3-6-31(17)23(34)14-8-15(25)21(27)19(24)20(14)26/h8-10,13,17,33H,2-7,11H2,1H3/t13-,17+/m1/s1. The monoisotopic (exact) mass is 493 g/mol. The van der Waals surface area contributed by atoms with E-state index in [2.05, 4.69) is 5.10 Å². The number of hydrogen-bond donors (Lipinski definition) is 1. The van der Waals surface area contributed by atoms with Gasteiger partial charge >= 0.3 is 0 Å². The van der Waals surface area contributed by atoms with Gasteiger partial charge in [0.15, 0.2) is 23.1 Å². The van der Waals surface area contributed by atoms with Crippen LogP contribution in [0, 0.1) is 24.4 Å². The molecule has 1 amide bonds. The molecule has 0 aliphatic carbocycles. The second-order valence-electron chi connectivity index (χ2n) is 8.87. The Labute approximate surface area is 198 Å². The average Bonchev–Trinajstić information content (AvgIpc) is 3.44. The van der Waals surface area contributed by atoms with Crippen molar-refractivity contribution in [2.45, 2.75) is 44.8 Å². The number of benzene rings is 1. The maximum atomic E-state index is 14.6. The first-order chi connectivity index (χ1) is 16.2. The van der Waals surface area contributed by atoms with E-state index in [1.54, 1.807) is 10.6 Å². The Balaban J connectivity index is 1.49. The quantitative estimate of drug-likeness (QED) is 0.440. The van der Waals surface area contributed by atoms with Gasteiger partial charge in [-0.15, -0.1) is 0 Å². The van der Waals surface area contributed by atoms with Crippen molar-refractivity contribution in [3.05, 3.63) is 57.6 Å². The zero-order valence-corrected chi connectivity index (χ0v) is 19.2. The van der Waals surface area contributed by atoms with E-state index < -0.39 is 40.0 Å². The highest BCUT2D eigenvalue weighted by atomic mass is 35.5. The highest BCUT2D eigenvalue weighted by Gasteiger charge is 2.34. The van der Waals surface area contributed by atoms with Crippen molar-refractivity contribution < 1.29 is 23.1 Å². The number of rotatable bonds is 3. The first-order valence-electron chi connectivity index (χ1n) is 11.2. The lowest BCUT2D eigenvalue weighted by Gasteiger charge is -2.35. The highest BCUT2D eigenvalue weighted by molar-refractivity contribution is 6.31. The van der Waals surface area contributed by atoms with Crippen molar-refractivity contribution in [1.29, 1.82) is 0 Å². The number of hydrogen-bond acceptors (Lipinski definition) is 5. The summed E-state index contributed by atoms with van der Waals surface area (Å²) in [5.41, 5.74) is 1.44. The summed E-state index contributed by atoms with van der Waals surface area (Å²) < 4.78 is 43.7. The van der Waals surface area contributed by atoms with E-state index in [0.29, 0.717) is 56.3 Å². The predicted octanol–water partition coefficient (Wildman–Crippen LogP) is 4.05. The Hall–Kier alpha value is -2.85. The van der Waals surface area contributed by atoms with Crippen LogP contribution in [-0.4, -0.2) is 56.2 Å². The van der Waals surface area contributed by atoms with Gasteiger partial charge in [-0.25, -0.2) is 22.7 Å². The largest absolute Gasteiger partial charge is 0.391 e. The zero-order chi connectivity index (χ0) is 24.1. The van der Waals surface area contributed by atoms with Gasteiger partial charge in [0.05, 0.1) is 23.4 Å². The molecule has 180 valence electrons. The molecular formula is C23H23ClF3N5O2. The number of aromatic nitrogens is 3. The number of fused-ring (bicyclic) bond motifs is 1. The molecule has 34 heavy (non-hydrogen) atoms. The summed E-state index contributed by atoms with van der Waals surface area (Å²) in [6.07, 6.45) is 4.24. The van der Waals surface area contributed by atoms with Gasteiger partial charge in [-0.3, -0.25) is 4.79 Å². The van der Waals surface area contributed by atoms with Gasteiger partial charge in [0, 0.05) is 37.5 Å². The van der Waals surface area contributed by atoms with Crippen LogP contribution in [0.1, 0.15) is 53.3 Å². The van der Waals surface area contributed by atoms with Crippen molar-refractivity contribution in [3.63, 3.8) is 0 Å². The molecule has 0 spiro atoms. The predicted molar refractivity (Wildman–Crippen MR) is 120 cm³/mol. The van der Waals surface area contributed by atoms with E-state index in [1.807, 2.05) is 18.0 Å². The van der Waals surface area contributed by atoms with Crippen LogP contribution in [-0.2, 0) is 0 Å². The molecule has 4 heterocycles. The van der Waals surface area contributed by atoms with Crippen LogP contribution in [0.2, 0.25) is 5.02 Å². The van der Waals surface area contributed by atoms with Crippen molar-refractivity contribution in [3.8, 4) is 0 Å². The van der Waals surface area contributed by atoms with E-state index in [1.165, 1.54) is 4.90 Å². The van der Waals surface area contributed by atoms with Gasteiger partial charge in [-0.1, -0.05) is 11.6 Å². The first-order valence-corrected chi connectivity index (χ1v) is 11.6. The number of aliphatic hydroxyl groups excluding tert-OH is 1. The second-order valence-corrected chi connectivity index (χ2v) is 9.24. The fourth-order valence-corrected chi connectivity index (χ4v) is 4.99. The third-order valence-corrected chi connectivity index (χ3v) is 6.86. The van der Waals surface area contributed by atoms with Crippen molar-refractivity contribution in [1.82, 2.24) is 19.5 Å². The average molecular weight is 494 g/mol. The SMILES string of the molecule is Cc1cn2nc([C@@H]3CCCCN3C(=O)c3cc(F)c(F)c(Cl)c3F)cc2nc1N1CC[C@@H](O)C1. The van der Waals surface area contributed by atoms with E-state index in [4.69, 9.17) is 16.6 Å². The summed E-state index contributed by atoms with van der Waals surface area (Å²) >= 11 is 5.57. The number of aryl methyl sites for hydroxylation is 1. The Morgan fingerprint density at radius 2 is 1.94 bits per heavy atom. The molecule has 2 fully saturated rings. The molecule has 2 saturated heterocycles. The van der Waals surface area contributed by atoms with Crippen molar-refractivity contribution in [2.24, 2.45) is 0 Å². The molecule has 11 heteroatoms. The van der Waals surface area contributed by atoms with Gasteiger partial charge in [0.25, 0.3) is 5.91 Å². The minimum absolute atomic E-state index is 0.316. The molecular weight excluding hydrogens is 471 g/mol. The normalized spacial score (nSPS) is 21.0. The number of amides is 1. The molecule has 2 atom stereocenters. The highest BCUT2D eigenvalue weighted by Crippen LogP contribution is 2.34. The van der Waals surface area contributed by atoms with Gasteiger partial charge in [-0.2, -0.15) is 5.10 Å². The summed E-state index contributed by atoms with van der Waals surface area (Å²) in [7, 11) is 0. The molecule has 2 aliphatic rings. The molecule has 5 rings (SSSR count). The number of halogens is 4. The fraction of sp³-hybridized carbons (Fsp3) is 0.435. The molecule has 1 aromatic carbocycles. The number of likely N-dealkylation sites (tertiary alicyclic amines) is 1. The Kier molecular flexibility index (Phi) is 5.89. The molecule has 0 radical (unpaired) electrons. The fourth-order valence-electron chi connectivity index (χ4n) is 4.80. The lowest BCUT2D eigenvalue weighted by Crippen LogP contribution is -2.39. The van der Waals surface area contributed by atoms with Crippen LogP contribution in [0.3, 0.4) is 0 Å². The van der Waals surface area contributed by atoms with Crippen LogP contribution in [0.4, 0.5) is 19.0 Å². The third kappa shape index (κ3) is 3.88. The molecule has 0 saturated carbocycles. The Morgan fingerprint density at radius 3 is 2.68 bits per heavy atom. The van der Waals surface area contributed by atoms with Gasteiger partial charge in [0.1, 0.15) is 10.8 Å². The maximum absolute atomic E-state index is 14.6. The maximum Gasteiger partial charge on any atom is 0.257 e. The zero-order valence-electron chi connectivity index (χ0n) is 18.4. The number of anilines is 1. The summed E-state index contributed by atoms with van der Waals surface area (Å²) in [6, 6.07) is 1.85. The minimum atomic E-state index is -1.52. The molecule has 2 aromatic heterocycles. The first kappa shape index (κ1) is 22.9. The number of piperidine rings is 1. The van der Waals surface area contributed by atoms with Crippen LogP contribution in [0.25, 0.3) is 5.65 Å². The number of β-amino-alcohol motifs (C(OH)–C–C–N with tert-alkyl or cyclic N) is 1. The van der Waals surface area contributed by atoms with E-state index in [-0.39, 0.29) is 6.10 Å². The van der Waals surface area contributed by atoms with Gasteiger partial charge < -0.3 is 14.9 Å². The molecule has 0 bridgehead atoms. The lowest BCUT2D eigenvalue weighted by molar-refractivity contribution is 0.0600. The third-order valence-electron chi connectivity index (χ3n) is 6.53. The van der Waals surface area contributed by atoms with E-state index in [0.717, 1.165) is 17.8 Å². The Bertz CT molecular complexity index is 1280. The number of carbonyl (C=O) groups excluding carboxylic acids is 1. The number of aliphatic hydroxyl groups is 1. The number of carbonyl (C=O) groups is 1. The van der Waals surface area contributed by atoms with Crippen molar-refractivity contribution >= 4 is 29.0 Å². The van der Waals surface area contributed by atoms with E-state index in [9.17, 15) is 23.1 Å². The summed E-state index contributed by atoms with van der Waals surface area (Å²) in [6.45, 7) is 3.45. The summed E-state index contributed by atoms with van der Waals surface area (Å²) in [5.74, 6) is -4.18. The van der Waals surface area contributed by atoms with Crippen LogP contribution < -0.4 is 4.90 Å². The topological polar surface area (TPSA) is 74.0 Å². The lowest BCUT2D eigenvalue weighted by atomic mass is 9.98. The smallest absolute Gasteiger partial charge is 0.257 e. The van der Waals surface area contributed by atoms with Gasteiger partial charge in [-0.05, 0) is 38.7 Å². The van der Waals surface area contributed by atoms with Gasteiger partial charge in [0.2, 0.25) is 0 Å². The van der Waals surface area contributed by atoms with Crippen LogP contribution in [0.15, 0.2) is 18.3 Å². The molecule has 3 aromatic rings. The van der Waals surface area contributed by atoms with Crippen molar-refractivity contribution in [2.75, 3.05) is 24.5 Å². The summed E-state index contributed by atoms with van der Waals surface area (Å²) in [5, 5.41) is 13.5.